The molecular weight excluding hydrogens is 524 g/mol. The summed E-state index contributed by atoms with van der Waals surface area (Å²) in [6, 6.07) is 13.0. The summed E-state index contributed by atoms with van der Waals surface area (Å²) in [5, 5.41) is 14.9. The molecule has 3 rings (SSSR count). The molecule has 1 aliphatic rings. The normalized spacial score (nSPS) is 16.7. The molecule has 0 fully saturated rings. The standard InChI is InChI=1S/C23H27ClN2O4S.C2H2O4/c1-5-20(27)30-21-22(15-6-9-17(29-4)10-7-15)31-19-14-16(24)8-11-18(19)26(23(21)28)13-12-25(2)3;3-1(4)2(5)6/h6-11,14,21-22H,5,12-13H2,1-4H3;(H,3,4)(H,5,6)/t21-,22+;/m1./s1. The van der Waals surface area contributed by atoms with Crippen LogP contribution in [-0.4, -0.2) is 79.3 Å². The largest absolute Gasteiger partial charge is 0.497 e. The van der Waals surface area contributed by atoms with Crippen LogP contribution < -0.4 is 9.64 Å². The zero-order valence-electron chi connectivity index (χ0n) is 20.8. The fraction of sp³-hybridized carbons (Fsp3) is 0.360. The number of ether oxygens (including phenoxy) is 2. The molecule has 2 atom stereocenters. The van der Waals surface area contributed by atoms with Crippen LogP contribution in [0.3, 0.4) is 0 Å². The molecule has 1 heterocycles. The third-order valence-electron chi connectivity index (χ3n) is 5.20. The van der Waals surface area contributed by atoms with Crippen molar-refractivity contribution in [2.24, 2.45) is 0 Å². The number of hydrogen-bond donors (Lipinski definition) is 2. The lowest BCUT2D eigenvalue weighted by Crippen LogP contribution is -2.45. The zero-order valence-corrected chi connectivity index (χ0v) is 22.4. The number of carbonyl (C=O) groups is 4. The van der Waals surface area contributed by atoms with Gasteiger partial charge in [0.05, 0.1) is 18.0 Å². The van der Waals surface area contributed by atoms with Gasteiger partial charge < -0.3 is 29.5 Å². The second-order valence-electron chi connectivity index (χ2n) is 8.09. The molecule has 0 aliphatic carbocycles. The van der Waals surface area contributed by atoms with Crippen molar-refractivity contribution in [2.45, 2.75) is 29.6 Å². The molecule has 2 aromatic rings. The highest BCUT2D eigenvalue weighted by Gasteiger charge is 2.41. The number of carboxylic acids is 2. The second kappa shape index (κ2) is 13.9. The van der Waals surface area contributed by atoms with E-state index in [1.165, 1.54) is 11.8 Å². The summed E-state index contributed by atoms with van der Waals surface area (Å²) in [4.78, 5) is 48.8. The molecule has 0 bridgehead atoms. The van der Waals surface area contributed by atoms with Gasteiger partial charge in [0.1, 0.15) is 5.75 Å². The van der Waals surface area contributed by atoms with Crippen molar-refractivity contribution < 1.29 is 38.9 Å². The maximum Gasteiger partial charge on any atom is 0.414 e. The van der Waals surface area contributed by atoms with Gasteiger partial charge in [-0.05, 0) is 50.0 Å². The van der Waals surface area contributed by atoms with Crippen molar-refractivity contribution in [3.8, 4) is 5.75 Å². The third-order valence-corrected chi connectivity index (χ3v) is 6.79. The van der Waals surface area contributed by atoms with Crippen LogP contribution in [0.2, 0.25) is 5.02 Å². The highest BCUT2D eigenvalue weighted by Crippen LogP contribution is 2.47. The summed E-state index contributed by atoms with van der Waals surface area (Å²) in [6.07, 6.45) is -0.764. The summed E-state index contributed by atoms with van der Waals surface area (Å²) in [6.45, 7) is 2.86. The first-order valence-electron chi connectivity index (χ1n) is 11.2. The number of anilines is 1. The number of thioether (sulfide) groups is 1. The van der Waals surface area contributed by atoms with Gasteiger partial charge in [-0.15, -0.1) is 11.8 Å². The van der Waals surface area contributed by atoms with Gasteiger partial charge in [0, 0.05) is 29.4 Å². The van der Waals surface area contributed by atoms with Gasteiger partial charge in [0.2, 0.25) is 0 Å². The highest BCUT2D eigenvalue weighted by molar-refractivity contribution is 7.99. The molecule has 0 spiro atoms. The van der Waals surface area contributed by atoms with Crippen molar-refractivity contribution in [3.63, 3.8) is 0 Å². The van der Waals surface area contributed by atoms with Gasteiger partial charge in [-0.1, -0.05) is 30.7 Å². The fourth-order valence-corrected chi connectivity index (χ4v) is 4.90. The Morgan fingerprint density at radius 1 is 1.08 bits per heavy atom. The van der Waals surface area contributed by atoms with E-state index in [0.29, 0.717) is 23.9 Å². The number of methoxy groups -OCH3 is 1. The van der Waals surface area contributed by atoms with E-state index in [1.54, 1.807) is 25.0 Å². The molecule has 0 aromatic heterocycles. The zero-order chi connectivity index (χ0) is 27.7. The predicted octanol–water partition coefficient (Wildman–Crippen LogP) is 3.57. The van der Waals surface area contributed by atoms with Crippen LogP contribution >= 0.6 is 23.4 Å². The minimum absolute atomic E-state index is 0.195. The molecule has 1 amide bonds. The summed E-state index contributed by atoms with van der Waals surface area (Å²) < 4.78 is 11.0. The number of amides is 1. The van der Waals surface area contributed by atoms with E-state index in [2.05, 4.69) is 0 Å². The molecule has 0 saturated heterocycles. The molecule has 10 nitrogen and oxygen atoms in total. The van der Waals surface area contributed by atoms with Crippen LogP contribution in [0.25, 0.3) is 0 Å². The van der Waals surface area contributed by atoms with Crippen molar-refractivity contribution in [3.05, 3.63) is 53.1 Å². The van der Waals surface area contributed by atoms with E-state index in [0.717, 1.165) is 16.1 Å². The summed E-state index contributed by atoms with van der Waals surface area (Å²) in [5.74, 6) is -3.58. The lowest BCUT2D eigenvalue weighted by molar-refractivity contribution is -0.159. The minimum Gasteiger partial charge on any atom is -0.497 e. The minimum atomic E-state index is -1.82. The highest BCUT2D eigenvalue weighted by atomic mass is 35.5. The Hall–Kier alpha value is -3.28. The number of nitrogens with zero attached hydrogens (tertiary/aromatic N) is 2. The molecule has 0 unspecified atom stereocenters. The second-order valence-corrected chi connectivity index (χ2v) is 9.71. The summed E-state index contributed by atoms with van der Waals surface area (Å²) in [7, 11) is 5.51. The Morgan fingerprint density at radius 3 is 2.22 bits per heavy atom. The maximum absolute atomic E-state index is 13.7. The van der Waals surface area contributed by atoms with Crippen molar-refractivity contribution in [1.29, 1.82) is 0 Å². The number of carbonyl (C=O) groups excluding carboxylic acids is 2. The molecule has 2 N–H and O–H groups in total. The van der Waals surface area contributed by atoms with Crippen LogP contribution in [0.4, 0.5) is 5.69 Å². The number of likely N-dealkylation sites (N-methyl/N-ethyl adjacent to an activating group) is 1. The quantitative estimate of drug-likeness (QED) is 0.388. The van der Waals surface area contributed by atoms with Gasteiger partial charge in [0.25, 0.3) is 5.91 Å². The third kappa shape index (κ3) is 8.38. The number of aliphatic carboxylic acids is 2. The topological polar surface area (TPSA) is 134 Å². The number of benzene rings is 2. The average Bonchev–Trinajstić information content (AvgIpc) is 2.97. The lowest BCUT2D eigenvalue weighted by atomic mass is 10.1. The van der Waals surface area contributed by atoms with Crippen LogP contribution in [0.5, 0.6) is 5.75 Å². The van der Waals surface area contributed by atoms with Gasteiger partial charge >= 0.3 is 17.9 Å². The Morgan fingerprint density at radius 2 is 1.70 bits per heavy atom. The number of rotatable bonds is 7. The number of esters is 1. The van der Waals surface area contributed by atoms with Gasteiger partial charge in [-0.25, -0.2) is 9.59 Å². The Kier molecular flexibility index (Phi) is 11.2. The number of carboxylic acid groups (broad SMARTS) is 2. The predicted molar refractivity (Wildman–Crippen MR) is 139 cm³/mol. The number of hydrogen-bond acceptors (Lipinski definition) is 8. The first-order valence-corrected chi connectivity index (χ1v) is 12.5. The van der Waals surface area contributed by atoms with Crippen LogP contribution in [0.15, 0.2) is 47.4 Å². The summed E-state index contributed by atoms with van der Waals surface area (Å²) in [5.41, 5.74) is 1.64. The Bertz CT molecular complexity index is 1110. The van der Waals surface area contributed by atoms with Gasteiger partial charge in [-0.3, -0.25) is 9.59 Å². The molecular formula is C25H29ClN2O8S. The first-order chi connectivity index (χ1) is 17.5. The Labute approximate surface area is 224 Å². The lowest BCUT2D eigenvalue weighted by Gasteiger charge is -2.28. The molecule has 2 aromatic carbocycles. The molecule has 12 heteroatoms. The fourth-order valence-electron chi connectivity index (χ4n) is 3.31. The van der Waals surface area contributed by atoms with Gasteiger partial charge in [-0.2, -0.15) is 0 Å². The molecule has 37 heavy (non-hydrogen) atoms. The Balaban J connectivity index is 0.000000717. The van der Waals surface area contributed by atoms with E-state index in [-0.39, 0.29) is 12.3 Å². The van der Waals surface area contributed by atoms with Gasteiger partial charge in [0.15, 0.2) is 6.10 Å². The van der Waals surface area contributed by atoms with Crippen LogP contribution in [0.1, 0.15) is 24.2 Å². The first kappa shape index (κ1) is 29.9. The van der Waals surface area contributed by atoms with E-state index in [4.69, 9.17) is 40.9 Å². The monoisotopic (exact) mass is 552 g/mol. The van der Waals surface area contributed by atoms with E-state index in [9.17, 15) is 9.59 Å². The van der Waals surface area contributed by atoms with Crippen LogP contribution in [0, 0.1) is 0 Å². The van der Waals surface area contributed by atoms with Crippen LogP contribution in [-0.2, 0) is 23.9 Å². The number of fused-ring (bicyclic) bond motifs is 1. The van der Waals surface area contributed by atoms with Crippen molar-refractivity contribution in [2.75, 3.05) is 39.2 Å². The van der Waals surface area contributed by atoms with Crippen molar-refractivity contribution in [1.82, 2.24) is 4.90 Å². The summed E-state index contributed by atoms with van der Waals surface area (Å²) >= 11 is 7.77. The SMILES string of the molecule is CCC(=O)O[C@H]1C(=O)N(CCN(C)C)c2ccc(Cl)cc2S[C@H]1c1ccc(OC)cc1.O=C(O)C(=O)O. The van der Waals surface area contributed by atoms with E-state index < -0.39 is 29.3 Å². The molecule has 1 aliphatic heterocycles. The maximum atomic E-state index is 13.7. The number of halogens is 1. The smallest absolute Gasteiger partial charge is 0.414 e. The van der Waals surface area contributed by atoms with E-state index >= 15 is 0 Å². The molecule has 0 radical (unpaired) electrons. The average molecular weight is 553 g/mol. The van der Waals surface area contributed by atoms with E-state index in [1.807, 2.05) is 55.4 Å². The molecule has 200 valence electrons. The molecule has 0 saturated carbocycles. The van der Waals surface area contributed by atoms with Crippen molar-refractivity contribution >= 4 is 52.9 Å².